The van der Waals surface area contributed by atoms with Crippen LogP contribution < -0.4 is 4.52 Å². The molecule has 3 aromatic rings. The van der Waals surface area contributed by atoms with Gasteiger partial charge < -0.3 is 26.2 Å². The average Bonchev–Trinajstić information content (AvgIpc) is 3.30. The van der Waals surface area contributed by atoms with Gasteiger partial charge in [-0.15, -0.1) is 0 Å². The number of aromatic nitrogens is 4. The van der Waals surface area contributed by atoms with Crippen LogP contribution in [0.2, 0.25) is 0 Å². The SMILES string of the molecule is CC(C)(C)c1n[c-]c2c(n1)OP(=O)(C(C)(C)C)n1c-2nc2cc3c(cc21)C(C)(C)C(C)(C)C3(C)C.[C-]#N.[C-]#[N+]C(C)(C)C.[Pt]. The summed E-state index contributed by atoms with van der Waals surface area (Å²) >= 11 is 0. The minimum absolute atomic E-state index is 0. The van der Waals surface area contributed by atoms with Crippen molar-refractivity contribution in [2.45, 2.75) is 131 Å². The van der Waals surface area contributed by atoms with E-state index in [9.17, 15) is 4.57 Å². The fourth-order valence-corrected chi connectivity index (χ4v) is 7.66. The molecule has 1 atom stereocenters. The van der Waals surface area contributed by atoms with E-state index in [1.807, 2.05) is 66.7 Å². The molecule has 44 heavy (non-hydrogen) atoms. The van der Waals surface area contributed by atoms with E-state index >= 15 is 0 Å². The maximum absolute atomic E-state index is 14.8. The zero-order valence-corrected chi connectivity index (χ0v) is 32.1. The number of hydrogen-bond donors (Lipinski definition) is 0. The van der Waals surface area contributed by atoms with Crippen molar-refractivity contribution in [1.82, 2.24) is 19.3 Å². The first kappa shape index (κ1) is 37.7. The van der Waals surface area contributed by atoms with E-state index in [1.54, 1.807) is 0 Å². The van der Waals surface area contributed by atoms with Crippen LogP contribution in [0.5, 0.6) is 5.88 Å². The summed E-state index contributed by atoms with van der Waals surface area (Å²) in [6.45, 7) is 42.8. The minimum Gasteiger partial charge on any atom is -0.512 e. The molecule has 1 aliphatic heterocycles. The summed E-state index contributed by atoms with van der Waals surface area (Å²) in [4.78, 5) is 17.5. The summed E-state index contributed by atoms with van der Waals surface area (Å²) in [5, 5.41) is 5.58. The number of imidazole rings is 1. The van der Waals surface area contributed by atoms with Gasteiger partial charge >= 0.3 is 7.52 Å². The quantitative estimate of drug-likeness (QED) is 0.166. The molecule has 1 aromatic carbocycles. The molecule has 0 amide bonds. The van der Waals surface area contributed by atoms with Gasteiger partial charge in [-0.2, -0.15) is 0 Å². The van der Waals surface area contributed by atoms with Gasteiger partial charge in [-0.3, -0.25) is 18.9 Å². The maximum Gasteiger partial charge on any atom is 0.338 e. The second-order valence-electron chi connectivity index (χ2n) is 16.2. The summed E-state index contributed by atoms with van der Waals surface area (Å²) in [6, 6.07) is 4.40. The van der Waals surface area contributed by atoms with Crippen molar-refractivity contribution >= 4 is 18.6 Å². The van der Waals surface area contributed by atoms with Crippen molar-refractivity contribution in [2.75, 3.05) is 0 Å². The van der Waals surface area contributed by atoms with Gasteiger partial charge in [0.25, 0.3) is 0 Å². The fraction of sp³-hybridized carbons (Fsp3) is 0.618. The van der Waals surface area contributed by atoms with E-state index < -0.39 is 12.7 Å². The number of nitrogens with zero attached hydrogens (tertiary/aromatic N) is 6. The van der Waals surface area contributed by atoms with Crippen molar-refractivity contribution in [3.63, 3.8) is 0 Å². The molecule has 0 saturated heterocycles. The molecule has 0 fully saturated rings. The Bertz CT molecular complexity index is 1690. The largest absolute Gasteiger partial charge is 0.512 e. The smallest absolute Gasteiger partial charge is 0.338 e. The van der Waals surface area contributed by atoms with Crippen molar-refractivity contribution in [1.29, 1.82) is 5.26 Å². The Morgan fingerprint density at radius 2 is 1.39 bits per heavy atom. The van der Waals surface area contributed by atoms with Crippen molar-refractivity contribution in [3.8, 4) is 17.3 Å². The van der Waals surface area contributed by atoms with Gasteiger partial charge in [0.05, 0.1) is 27.8 Å². The molecule has 8 nitrogen and oxygen atoms in total. The van der Waals surface area contributed by atoms with Crippen LogP contribution in [0.25, 0.3) is 27.3 Å². The number of fused-ring (bicyclic) bond motifs is 6. The van der Waals surface area contributed by atoms with Crippen LogP contribution in [0.4, 0.5) is 0 Å². The minimum atomic E-state index is -3.48. The van der Waals surface area contributed by atoms with E-state index in [4.69, 9.17) is 32.9 Å². The van der Waals surface area contributed by atoms with Crippen LogP contribution in [-0.4, -0.2) is 30.0 Å². The summed E-state index contributed by atoms with van der Waals surface area (Å²) < 4.78 is 23.0. The first-order chi connectivity index (χ1) is 19.3. The molecular weight excluding hydrogens is 750 g/mol. The zero-order chi connectivity index (χ0) is 33.4. The molecule has 242 valence electrons. The second kappa shape index (κ2) is 11.4. The molecule has 2 aliphatic rings. The van der Waals surface area contributed by atoms with E-state index in [1.165, 1.54) is 11.1 Å². The summed E-state index contributed by atoms with van der Waals surface area (Å²) in [5.41, 5.74) is 4.21. The molecule has 10 heteroatoms. The Kier molecular flexibility index (Phi) is 9.73. The monoisotopic (exact) mass is 797 g/mol. The van der Waals surface area contributed by atoms with Crippen LogP contribution in [0.1, 0.15) is 121 Å². The third kappa shape index (κ3) is 5.67. The van der Waals surface area contributed by atoms with Crippen LogP contribution >= 0.6 is 7.52 Å². The summed E-state index contributed by atoms with van der Waals surface area (Å²) in [7, 11) is -3.48. The van der Waals surface area contributed by atoms with Gasteiger partial charge in [-0.25, -0.2) is 6.57 Å². The molecule has 1 aliphatic carbocycles. The number of rotatable bonds is 0. The van der Waals surface area contributed by atoms with Crippen molar-refractivity contribution in [3.05, 3.63) is 53.3 Å². The van der Waals surface area contributed by atoms with Crippen molar-refractivity contribution in [2.24, 2.45) is 5.41 Å². The topological polar surface area (TPSA) is 98.0 Å². The Labute approximate surface area is 279 Å². The fourth-order valence-electron chi connectivity index (χ4n) is 5.50. The Hall–Kier alpha value is -2.53. The van der Waals surface area contributed by atoms with Gasteiger partial charge in [0.2, 0.25) is 5.54 Å². The molecular formula is C34H47N6O2PPt-2. The molecule has 0 N–H and O–H groups in total. The number of benzene rings is 1. The van der Waals surface area contributed by atoms with Crippen LogP contribution in [-0.2, 0) is 41.9 Å². The second-order valence-corrected chi connectivity index (χ2v) is 19.1. The molecule has 0 radical (unpaired) electrons. The average molecular weight is 798 g/mol. The Balaban J connectivity index is 0.000000673. The van der Waals surface area contributed by atoms with Gasteiger partial charge in [0, 0.05) is 41.8 Å². The molecule has 5 rings (SSSR count). The molecule has 0 bridgehead atoms. The summed E-state index contributed by atoms with van der Waals surface area (Å²) in [5.74, 6) is 1.48. The van der Waals surface area contributed by atoms with E-state index in [-0.39, 0.29) is 48.3 Å². The van der Waals surface area contributed by atoms with E-state index in [2.05, 4.69) is 69.7 Å². The first-order valence-electron chi connectivity index (χ1n) is 14.6. The maximum atomic E-state index is 14.8. The van der Waals surface area contributed by atoms with E-state index in [0.29, 0.717) is 23.1 Å². The van der Waals surface area contributed by atoms with Crippen LogP contribution in [0.15, 0.2) is 12.1 Å². The van der Waals surface area contributed by atoms with Crippen LogP contribution in [0.3, 0.4) is 0 Å². The normalized spacial score (nSPS) is 20.5. The predicted molar refractivity (Wildman–Crippen MR) is 173 cm³/mol. The standard InChI is InChI=1S/C28H38N4O2P.C5H9N.CN.Pt/c1-24(2,3)23-29-15-16-21-30-19-13-17-18(27(9,10)28(11,12)26(17,7)8)14-20(19)32(21)35(33,25(4,5)6)34-22(16)31-23;1-5(2,3)6-4;1-2;/h13-14H,1-12H3;1-3H3;;/q-1;;-1;. The molecule has 2 aromatic heterocycles. The molecule has 0 spiro atoms. The molecule has 0 saturated carbocycles. The first-order valence-corrected chi connectivity index (χ1v) is 16.2. The molecule has 1 unspecified atom stereocenters. The summed E-state index contributed by atoms with van der Waals surface area (Å²) in [6.07, 6.45) is 3.13. The van der Waals surface area contributed by atoms with Crippen LogP contribution in [0, 0.1) is 30.0 Å². The van der Waals surface area contributed by atoms with Gasteiger partial charge in [0.15, 0.2) is 0 Å². The van der Waals surface area contributed by atoms with Crippen molar-refractivity contribution < 1.29 is 30.2 Å². The number of hydrogen-bond acceptors (Lipinski definition) is 6. The van der Waals surface area contributed by atoms with Gasteiger partial charge in [-0.05, 0) is 77.5 Å². The Morgan fingerprint density at radius 1 is 0.909 bits per heavy atom. The zero-order valence-electron chi connectivity index (χ0n) is 28.9. The third-order valence-corrected chi connectivity index (χ3v) is 12.5. The Morgan fingerprint density at radius 3 is 1.82 bits per heavy atom. The van der Waals surface area contributed by atoms with E-state index in [0.717, 1.165) is 11.0 Å². The molecule has 3 heterocycles. The predicted octanol–water partition coefficient (Wildman–Crippen LogP) is 9.22. The van der Waals surface area contributed by atoms with Gasteiger partial charge in [0.1, 0.15) is 5.88 Å². The van der Waals surface area contributed by atoms with Gasteiger partial charge in [-0.1, -0.05) is 62.3 Å². The third-order valence-electron chi connectivity index (χ3n) is 9.49.